The van der Waals surface area contributed by atoms with Crippen LogP contribution < -0.4 is 10.1 Å². The highest BCUT2D eigenvalue weighted by molar-refractivity contribution is 5.88. The number of hydrogen-bond donors (Lipinski definition) is 1. The first-order valence-electron chi connectivity index (χ1n) is 10.2. The number of nitrogens with one attached hydrogen (secondary N) is 1. The lowest BCUT2D eigenvalue weighted by molar-refractivity contribution is -0.140. The lowest BCUT2D eigenvalue weighted by Gasteiger charge is -2.31. The van der Waals surface area contributed by atoms with Crippen molar-refractivity contribution < 1.29 is 14.3 Å². The molecule has 0 bridgehead atoms. The summed E-state index contributed by atoms with van der Waals surface area (Å²) in [4.78, 5) is 27.8. The zero-order valence-electron chi connectivity index (χ0n) is 17.9. The van der Waals surface area contributed by atoms with Crippen molar-refractivity contribution in [1.82, 2.24) is 10.2 Å². The molecule has 2 rings (SSSR count). The summed E-state index contributed by atoms with van der Waals surface area (Å²) < 4.78 is 5.19. The molecule has 156 valence electrons. The average molecular weight is 397 g/mol. The van der Waals surface area contributed by atoms with Gasteiger partial charge in [0.05, 0.1) is 13.5 Å². The summed E-state index contributed by atoms with van der Waals surface area (Å²) >= 11 is 0. The van der Waals surface area contributed by atoms with E-state index in [1.165, 1.54) is 0 Å². The van der Waals surface area contributed by atoms with Gasteiger partial charge >= 0.3 is 0 Å². The van der Waals surface area contributed by atoms with E-state index < -0.39 is 6.04 Å². The molecule has 0 spiro atoms. The number of rotatable bonds is 10. The zero-order chi connectivity index (χ0) is 21.2. The van der Waals surface area contributed by atoms with Crippen LogP contribution in [0.1, 0.15) is 43.4 Å². The van der Waals surface area contributed by atoms with E-state index in [4.69, 9.17) is 4.74 Å². The van der Waals surface area contributed by atoms with Crippen LogP contribution >= 0.6 is 0 Å². The van der Waals surface area contributed by atoms with Crippen LogP contribution in [0, 0.1) is 6.92 Å². The second-order valence-corrected chi connectivity index (χ2v) is 7.19. The van der Waals surface area contributed by atoms with Gasteiger partial charge in [-0.25, -0.2) is 0 Å². The summed E-state index contributed by atoms with van der Waals surface area (Å²) in [6.07, 6.45) is 1.67. The number of hydrogen-bond acceptors (Lipinski definition) is 3. The summed E-state index contributed by atoms with van der Waals surface area (Å²) in [5.41, 5.74) is 3.06. The normalized spacial score (nSPS) is 11.6. The number of nitrogens with zero attached hydrogens (tertiary/aromatic N) is 1. The SMILES string of the molecule is CCCNC(=O)[C@@H](CC)N(Cc1ccccc1C)C(=O)Cc1ccc(OC)cc1. The summed E-state index contributed by atoms with van der Waals surface area (Å²) in [5, 5.41) is 2.95. The molecule has 0 heterocycles. The third kappa shape index (κ3) is 6.34. The van der Waals surface area contributed by atoms with Gasteiger partial charge in [-0.05, 0) is 48.6 Å². The quantitative estimate of drug-likeness (QED) is 0.663. The maximum atomic E-state index is 13.3. The lowest BCUT2D eigenvalue weighted by atomic mass is 10.0. The molecule has 5 nitrogen and oxygen atoms in total. The summed E-state index contributed by atoms with van der Waals surface area (Å²) in [6, 6.07) is 15.0. The molecule has 0 saturated heterocycles. The molecule has 5 heteroatoms. The zero-order valence-corrected chi connectivity index (χ0v) is 17.9. The first-order valence-corrected chi connectivity index (χ1v) is 10.2. The van der Waals surface area contributed by atoms with Crippen molar-refractivity contribution in [2.24, 2.45) is 0 Å². The van der Waals surface area contributed by atoms with Gasteiger partial charge in [-0.3, -0.25) is 9.59 Å². The molecule has 1 N–H and O–H groups in total. The Morgan fingerprint density at radius 1 is 1.07 bits per heavy atom. The fourth-order valence-electron chi connectivity index (χ4n) is 3.28. The van der Waals surface area contributed by atoms with E-state index in [1.54, 1.807) is 12.0 Å². The molecule has 2 amide bonds. The van der Waals surface area contributed by atoms with Crippen LogP contribution in [0.15, 0.2) is 48.5 Å². The Morgan fingerprint density at radius 2 is 1.76 bits per heavy atom. The monoisotopic (exact) mass is 396 g/mol. The van der Waals surface area contributed by atoms with E-state index in [0.29, 0.717) is 19.5 Å². The molecule has 0 fully saturated rings. The molecule has 2 aromatic carbocycles. The summed E-state index contributed by atoms with van der Waals surface area (Å²) in [7, 11) is 1.62. The van der Waals surface area contributed by atoms with E-state index in [1.807, 2.05) is 69.3 Å². The minimum atomic E-state index is -0.494. The minimum Gasteiger partial charge on any atom is -0.497 e. The molecular weight excluding hydrogens is 364 g/mol. The van der Waals surface area contributed by atoms with E-state index in [-0.39, 0.29) is 18.2 Å². The van der Waals surface area contributed by atoms with Gasteiger partial charge in [0.2, 0.25) is 11.8 Å². The second-order valence-electron chi connectivity index (χ2n) is 7.19. The summed E-state index contributed by atoms with van der Waals surface area (Å²) in [6.45, 7) is 7.02. The Bertz CT molecular complexity index is 802. The molecule has 0 aliphatic carbocycles. The molecule has 1 atom stereocenters. The topological polar surface area (TPSA) is 58.6 Å². The van der Waals surface area contributed by atoms with Crippen molar-refractivity contribution in [2.45, 2.75) is 52.6 Å². The maximum Gasteiger partial charge on any atom is 0.242 e. The van der Waals surface area contributed by atoms with Gasteiger partial charge < -0.3 is 15.0 Å². The Kier molecular flexibility index (Phi) is 8.71. The smallest absolute Gasteiger partial charge is 0.242 e. The highest BCUT2D eigenvalue weighted by Gasteiger charge is 2.28. The minimum absolute atomic E-state index is 0.0584. The highest BCUT2D eigenvalue weighted by atomic mass is 16.5. The molecule has 0 unspecified atom stereocenters. The Balaban J connectivity index is 2.27. The van der Waals surface area contributed by atoms with Gasteiger partial charge in [0, 0.05) is 13.1 Å². The third-order valence-corrected chi connectivity index (χ3v) is 5.05. The lowest BCUT2D eigenvalue weighted by Crippen LogP contribution is -2.49. The molecular formula is C24H32N2O3. The van der Waals surface area contributed by atoms with E-state index in [9.17, 15) is 9.59 Å². The highest BCUT2D eigenvalue weighted by Crippen LogP contribution is 2.18. The van der Waals surface area contributed by atoms with Crippen LogP contribution in [0.4, 0.5) is 0 Å². The number of methoxy groups -OCH3 is 1. The first-order chi connectivity index (χ1) is 14.0. The maximum absolute atomic E-state index is 13.3. The number of carbonyl (C=O) groups is 2. The Morgan fingerprint density at radius 3 is 2.34 bits per heavy atom. The number of carbonyl (C=O) groups excluding carboxylic acids is 2. The largest absolute Gasteiger partial charge is 0.497 e. The number of aryl methyl sites for hydroxylation is 1. The molecule has 0 saturated carbocycles. The van der Waals surface area contributed by atoms with Gasteiger partial charge in [0.25, 0.3) is 0 Å². The van der Waals surface area contributed by atoms with Crippen molar-refractivity contribution in [3.8, 4) is 5.75 Å². The van der Waals surface area contributed by atoms with Crippen molar-refractivity contribution in [2.75, 3.05) is 13.7 Å². The van der Waals surface area contributed by atoms with Gasteiger partial charge in [0.15, 0.2) is 0 Å². The van der Waals surface area contributed by atoms with E-state index in [2.05, 4.69) is 5.32 Å². The van der Waals surface area contributed by atoms with Gasteiger partial charge in [-0.15, -0.1) is 0 Å². The molecule has 2 aromatic rings. The Hall–Kier alpha value is -2.82. The number of ether oxygens (including phenoxy) is 1. The first kappa shape index (κ1) is 22.5. The predicted octanol–water partition coefficient (Wildman–Crippen LogP) is 3.88. The molecule has 0 aliphatic rings. The third-order valence-electron chi connectivity index (χ3n) is 5.05. The number of benzene rings is 2. The fraction of sp³-hybridized carbons (Fsp3) is 0.417. The van der Waals surface area contributed by atoms with Crippen LogP contribution in [-0.2, 0) is 22.6 Å². The van der Waals surface area contributed by atoms with E-state index >= 15 is 0 Å². The van der Waals surface area contributed by atoms with Crippen LogP contribution in [0.25, 0.3) is 0 Å². The van der Waals surface area contributed by atoms with Crippen LogP contribution in [0.2, 0.25) is 0 Å². The van der Waals surface area contributed by atoms with Crippen LogP contribution in [0.5, 0.6) is 5.75 Å². The average Bonchev–Trinajstić information content (AvgIpc) is 2.73. The summed E-state index contributed by atoms with van der Waals surface area (Å²) in [5.74, 6) is 0.603. The molecule has 0 radical (unpaired) electrons. The molecule has 0 aromatic heterocycles. The van der Waals surface area contributed by atoms with Gasteiger partial charge in [-0.2, -0.15) is 0 Å². The predicted molar refractivity (Wildman–Crippen MR) is 116 cm³/mol. The van der Waals surface area contributed by atoms with Crippen molar-refractivity contribution in [1.29, 1.82) is 0 Å². The van der Waals surface area contributed by atoms with E-state index in [0.717, 1.165) is 28.9 Å². The van der Waals surface area contributed by atoms with Crippen LogP contribution in [0.3, 0.4) is 0 Å². The standard InChI is InChI=1S/C24H32N2O3/c1-5-15-25-24(28)22(6-2)26(17-20-10-8-7-9-18(20)3)23(27)16-19-11-13-21(29-4)14-12-19/h7-14,22H,5-6,15-17H2,1-4H3,(H,25,28)/t22-/m1/s1. The van der Waals surface area contributed by atoms with Gasteiger partial charge in [0.1, 0.15) is 11.8 Å². The van der Waals surface area contributed by atoms with Crippen molar-refractivity contribution in [3.05, 3.63) is 65.2 Å². The fourth-order valence-corrected chi connectivity index (χ4v) is 3.28. The van der Waals surface area contributed by atoms with Crippen molar-refractivity contribution >= 4 is 11.8 Å². The Labute approximate surface area is 174 Å². The second kappa shape index (κ2) is 11.2. The number of amides is 2. The molecule has 0 aliphatic heterocycles. The van der Waals surface area contributed by atoms with Crippen molar-refractivity contribution in [3.63, 3.8) is 0 Å². The van der Waals surface area contributed by atoms with Crippen LogP contribution in [-0.4, -0.2) is 36.4 Å². The van der Waals surface area contributed by atoms with Gasteiger partial charge in [-0.1, -0.05) is 50.2 Å². The molecule has 29 heavy (non-hydrogen) atoms.